The molecule has 158 valence electrons. The fourth-order valence-electron chi connectivity index (χ4n) is 3.42. The van der Waals surface area contributed by atoms with Crippen LogP contribution in [0.5, 0.6) is 0 Å². The third kappa shape index (κ3) is 5.85. The van der Waals surface area contributed by atoms with Gasteiger partial charge in [-0.25, -0.2) is 0 Å². The van der Waals surface area contributed by atoms with E-state index in [9.17, 15) is 22.8 Å². The third-order valence-corrected chi connectivity index (χ3v) is 4.94. The van der Waals surface area contributed by atoms with E-state index in [1.165, 1.54) is 11.8 Å². The van der Waals surface area contributed by atoms with Crippen LogP contribution >= 0.6 is 12.4 Å². The summed E-state index contributed by atoms with van der Waals surface area (Å²) in [5.41, 5.74) is 5.66. The lowest BCUT2D eigenvalue weighted by Gasteiger charge is -2.38. The average molecular weight is 422 g/mol. The van der Waals surface area contributed by atoms with Crippen LogP contribution in [0.25, 0.3) is 0 Å². The van der Waals surface area contributed by atoms with Gasteiger partial charge < -0.3 is 15.5 Å². The number of carbonyl (C=O) groups is 2. The Morgan fingerprint density at radius 1 is 1.25 bits per heavy atom. The number of halogens is 4. The van der Waals surface area contributed by atoms with Crippen molar-refractivity contribution in [1.29, 1.82) is 0 Å². The molecule has 1 heterocycles. The van der Waals surface area contributed by atoms with Gasteiger partial charge in [0, 0.05) is 19.6 Å². The van der Waals surface area contributed by atoms with Gasteiger partial charge in [0.15, 0.2) is 0 Å². The number of carbonyl (C=O) groups excluding carboxylic acids is 2. The molecule has 1 saturated heterocycles. The fourth-order valence-corrected chi connectivity index (χ4v) is 3.42. The van der Waals surface area contributed by atoms with Crippen LogP contribution < -0.4 is 5.73 Å². The molecule has 2 unspecified atom stereocenters. The molecule has 1 aromatic carbocycles. The van der Waals surface area contributed by atoms with Crippen molar-refractivity contribution >= 4 is 24.2 Å². The van der Waals surface area contributed by atoms with Crippen molar-refractivity contribution in [3.05, 3.63) is 35.9 Å². The average Bonchev–Trinajstić information content (AvgIpc) is 2.65. The predicted molar refractivity (Wildman–Crippen MR) is 103 cm³/mol. The first kappa shape index (κ1) is 24.2. The van der Waals surface area contributed by atoms with Gasteiger partial charge in [-0.15, -0.1) is 12.4 Å². The van der Waals surface area contributed by atoms with E-state index in [4.69, 9.17) is 5.73 Å². The van der Waals surface area contributed by atoms with E-state index < -0.39 is 30.1 Å². The molecule has 1 fully saturated rings. The lowest BCUT2D eigenvalue weighted by molar-refractivity contribution is -0.165. The number of hydrogen-bond donors (Lipinski definition) is 1. The minimum atomic E-state index is -4.45. The highest BCUT2D eigenvalue weighted by Gasteiger charge is 2.40. The molecule has 28 heavy (non-hydrogen) atoms. The lowest BCUT2D eigenvalue weighted by atomic mass is 9.89. The number of likely N-dealkylation sites (tertiary alicyclic amines) is 1. The van der Waals surface area contributed by atoms with Crippen molar-refractivity contribution in [3.63, 3.8) is 0 Å². The van der Waals surface area contributed by atoms with Crippen molar-refractivity contribution in [2.45, 2.75) is 38.4 Å². The number of benzene rings is 1. The van der Waals surface area contributed by atoms with Gasteiger partial charge in [0.25, 0.3) is 0 Å². The van der Waals surface area contributed by atoms with E-state index >= 15 is 0 Å². The number of nitrogens with two attached hydrogens (primary N) is 1. The standard InChI is InChI=1S/C19H26F3N3O2.ClH/c1-3-24(13-19(20,21)22)16(26)14-8-7-11-25(12-14)17(27)18(2,23)15-9-5-4-6-10-15;/h4-6,9-10,14H,3,7-8,11-13,23H2,1-2H3;1H. The Balaban J connectivity index is 0.00000392. The molecule has 2 rings (SSSR count). The summed E-state index contributed by atoms with van der Waals surface area (Å²) in [6.45, 7) is 2.35. The van der Waals surface area contributed by atoms with Crippen molar-refractivity contribution in [1.82, 2.24) is 9.80 Å². The summed E-state index contributed by atoms with van der Waals surface area (Å²) in [5.74, 6) is -1.53. The van der Waals surface area contributed by atoms with Gasteiger partial charge in [0.1, 0.15) is 12.1 Å². The molecule has 1 aromatic rings. The maximum absolute atomic E-state index is 13.0. The molecule has 2 N–H and O–H groups in total. The molecule has 2 amide bonds. The van der Waals surface area contributed by atoms with Crippen LogP contribution in [0.15, 0.2) is 30.3 Å². The molecule has 5 nitrogen and oxygen atoms in total. The number of hydrogen-bond acceptors (Lipinski definition) is 3. The minimum absolute atomic E-state index is 0. The highest BCUT2D eigenvalue weighted by atomic mass is 35.5. The summed E-state index contributed by atoms with van der Waals surface area (Å²) in [6.07, 6.45) is -3.43. The zero-order valence-electron chi connectivity index (χ0n) is 16.0. The third-order valence-electron chi connectivity index (χ3n) is 4.94. The predicted octanol–water partition coefficient (Wildman–Crippen LogP) is 2.93. The first-order chi connectivity index (χ1) is 12.6. The summed E-state index contributed by atoms with van der Waals surface area (Å²) in [5, 5.41) is 0. The Bertz CT molecular complexity index is 668. The van der Waals surface area contributed by atoms with Gasteiger partial charge in [0.05, 0.1) is 5.92 Å². The van der Waals surface area contributed by atoms with E-state index in [0.29, 0.717) is 24.9 Å². The van der Waals surface area contributed by atoms with E-state index in [0.717, 1.165) is 4.90 Å². The van der Waals surface area contributed by atoms with Crippen LogP contribution in [0.4, 0.5) is 13.2 Å². The topological polar surface area (TPSA) is 66.6 Å². The van der Waals surface area contributed by atoms with E-state index in [1.54, 1.807) is 31.2 Å². The lowest BCUT2D eigenvalue weighted by Crippen LogP contribution is -2.55. The molecule has 0 bridgehead atoms. The van der Waals surface area contributed by atoms with Gasteiger partial charge in [-0.05, 0) is 32.3 Å². The summed E-state index contributed by atoms with van der Waals surface area (Å²) in [7, 11) is 0. The molecule has 0 spiro atoms. The van der Waals surface area contributed by atoms with Gasteiger partial charge in [-0.3, -0.25) is 9.59 Å². The van der Waals surface area contributed by atoms with Crippen LogP contribution in [0, 0.1) is 5.92 Å². The monoisotopic (exact) mass is 421 g/mol. The Hall–Kier alpha value is -1.80. The first-order valence-electron chi connectivity index (χ1n) is 9.05. The van der Waals surface area contributed by atoms with E-state index in [-0.39, 0.29) is 31.4 Å². The zero-order chi connectivity index (χ0) is 20.2. The molecular weight excluding hydrogens is 395 g/mol. The zero-order valence-corrected chi connectivity index (χ0v) is 16.9. The van der Waals surface area contributed by atoms with Gasteiger partial charge in [-0.2, -0.15) is 13.2 Å². The fraction of sp³-hybridized carbons (Fsp3) is 0.579. The molecular formula is C19H27ClF3N3O2. The molecule has 0 aromatic heterocycles. The number of rotatable bonds is 5. The Morgan fingerprint density at radius 3 is 2.39 bits per heavy atom. The molecule has 0 saturated carbocycles. The second-order valence-electron chi connectivity index (χ2n) is 7.13. The summed E-state index contributed by atoms with van der Waals surface area (Å²) in [4.78, 5) is 27.8. The van der Waals surface area contributed by atoms with Crippen LogP contribution in [0.2, 0.25) is 0 Å². The molecule has 9 heteroatoms. The highest BCUT2D eigenvalue weighted by Crippen LogP contribution is 2.26. The second-order valence-corrected chi connectivity index (χ2v) is 7.13. The van der Waals surface area contributed by atoms with Crippen LogP contribution in [0.3, 0.4) is 0 Å². The van der Waals surface area contributed by atoms with E-state index in [1.807, 2.05) is 6.07 Å². The van der Waals surface area contributed by atoms with Gasteiger partial charge in [0.2, 0.25) is 11.8 Å². The molecule has 1 aliphatic rings. The van der Waals surface area contributed by atoms with Crippen LogP contribution in [0.1, 0.15) is 32.3 Å². The number of nitrogens with zero attached hydrogens (tertiary/aromatic N) is 2. The van der Waals surface area contributed by atoms with Crippen molar-refractivity contribution < 1.29 is 22.8 Å². The first-order valence-corrected chi connectivity index (χ1v) is 9.05. The molecule has 1 aliphatic heterocycles. The van der Waals surface area contributed by atoms with Crippen molar-refractivity contribution in [2.24, 2.45) is 11.7 Å². The Kier molecular flexibility index (Phi) is 8.31. The largest absolute Gasteiger partial charge is 0.406 e. The minimum Gasteiger partial charge on any atom is -0.340 e. The quantitative estimate of drug-likeness (QED) is 0.794. The second kappa shape index (κ2) is 9.60. The van der Waals surface area contributed by atoms with Gasteiger partial charge in [-0.1, -0.05) is 30.3 Å². The smallest absolute Gasteiger partial charge is 0.340 e. The summed E-state index contributed by atoms with van der Waals surface area (Å²) >= 11 is 0. The Labute approximate surface area is 169 Å². The maximum atomic E-state index is 13.0. The van der Waals surface area contributed by atoms with Crippen LogP contribution in [-0.2, 0) is 15.1 Å². The molecule has 0 aliphatic carbocycles. The molecule has 2 atom stereocenters. The van der Waals surface area contributed by atoms with E-state index in [2.05, 4.69) is 0 Å². The normalized spacial score (nSPS) is 19.4. The number of alkyl halides is 3. The molecule has 0 radical (unpaired) electrons. The number of amides is 2. The van der Waals surface area contributed by atoms with Gasteiger partial charge >= 0.3 is 6.18 Å². The Morgan fingerprint density at radius 2 is 1.86 bits per heavy atom. The maximum Gasteiger partial charge on any atom is 0.406 e. The van der Waals surface area contributed by atoms with Crippen molar-refractivity contribution in [2.75, 3.05) is 26.2 Å². The SMILES string of the molecule is CCN(CC(F)(F)F)C(=O)C1CCCN(C(=O)C(C)(N)c2ccccc2)C1.Cl. The summed E-state index contributed by atoms with van der Waals surface area (Å²) in [6, 6.07) is 8.90. The number of piperidine rings is 1. The highest BCUT2D eigenvalue weighted by molar-refractivity contribution is 5.88. The van der Waals surface area contributed by atoms with Crippen LogP contribution in [-0.4, -0.2) is 54.0 Å². The van der Waals surface area contributed by atoms with Crippen molar-refractivity contribution in [3.8, 4) is 0 Å². The summed E-state index contributed by atoms with van der Waals surface area (Å²) < 4.78 is 38.1.